The van der Waals surface area contributed by atoms with E-state index in [4.69, 9.17) is 21.8 Å². The molecule has 0 aromatic rings. The zero-order valence-corrected chi connectivity index (χ0v) is 11.6. The molecule has 0 fully saturated rings. The first-order valence-corrected chi connectivity index (χ1v) is 6.30. The van der Waals surface area contributed by atoms with Crippen LogP contribution in [0.15, 0.2) is 23.4 Å². The van der Waals surface area contributed by atoms with Crippen molar-refractivity contribution in [3.05, 3.63) is 23.4 Å². The molecule has 4 unspecified atom stereocenters. The maximum Gasteiger partial charge on any atom is 0.344 e. The van der Waals surface area contributed by atoms with Crippen LogP contribution in [0, 0.1) is 0 Å². The van der Waals surface area contributed by atoms with Gasteiger partial charge in [0.05, 0.1) is 6.61 Å². The standard InChI is InChI=1S/C12H19ClO7/c1-2-3-4-5-8(13)20-12(19)11(18)10(17)9(16)7(15)6-14/h3-5,7,9-11,14-18H,2,6H2,1H3/b4-3+,8-5+. The van der Waals surface area contributed by atoms with Gasteiger partial charge in [-0.2, -0.15) is 0 Å². The first-order chi connectivity index (χ1) is 9.34. The predicted octanol–water partition coefficient (Wildman–Crippen LogP) is -0.988. The van der Waals surface area contributed by atoms with Gasteiger partial charge < -0.3 is 30.3 Å². The van der Waals surface area contributed by atoms with Gasteiger partial charge >= 0.3 is 5.97 Å². The lowest BCUT2D eigenvalue weighted by atomic mass is 10.0. The Bertz CT molecular complexity index is 356. The number of carbonyl (C=O) groups is 1. The number of allylic oxidation sites excluding steroid dienone is 3. The first-order valence-electron chi connectivity index (χ1n) is 5.92. The van der Waals surface area contributed by atoms with Gasteiger partial charge in [-0.15, -0.1) is 0 Å². The Morgan fingerprint density at radius 2 is 1.85 bits per heavy atom. The van der Waals surface area contributed by atoms with Crippen LogP contribution in [0.1, 0.15) is 13.3 Å². The lowest BCUT2D eigenvalue weighted by molar-refractivity contribution is -0.165. The number of ether oxygens (including phenoxy) is 1. The normalized spacial score (nSPS) is 18.6. The Hall–Kier alpha value is -0.960. The molecular formula is C12H19ClO7. The van der Waals surface area contributed by atoms with Crippen molar-refractivity contribution in [1.82, 2.24) is 0 Å². The maximum atomic E-state index is 11.4. The molecular weight excluding hydrogens is 292 g/mol. The fourth-order valence-electron chi connectivity index (χ4n) is 1.13. The molecule has 5 N–H and O–H groups in total. The zero-order chi connectivity index (χ0) is 15.7. The number of esters is 1. The third kappa shape index (κ3) is 6.47. The van der Waals surface area contributed by atoms with Crippen molar-refractivity contribution < 1.29 is 35.1 Å². The van der Waals surface area contributed by atoms with Gasteiger partial charge in [0.1, 0.15) is 18.3 Å². The SMILES string of the molecule is CC/C=C/C=C(\Cl)OC(=O)C(O)C(O)C(O)C(O)CO. The third-order valence-electron chi connectivity index (χ3n) is 2.29. The van der Waals surface area contributed by atoms with Gasteiger partial charge in [-0.1, -0.05) is 19.1 Å². The monoisotopic (exact) mass is 310 g/mol. The van der Waals surface area contributed by atoms with Crippen LogP contribution in [-0.2, 0) is 9.53 Å². The molecule has 0 saturated heterocycles. The second-order valence-corrected chi connectivity index (χ2v) is 4.28. The smallest absolute Gasteiger partial charge is 0.344 e. The molecule has 0 spiro atoms. The molecule has 0 radical (unpaired) electrons. The summed E-state index contributed by atoms with van der Waals surface area (Å²) in [5.41, 5.74) is 0. The molecule has 20 heavy (non-hydrogen) atoms. The van der Waals surface area contributed by atoms with E-state index in [1.165, 1.54) is 12.2 Å². The maximum absolute atomic E-state index is 11.4. The van der Waals surface area contributed by atoms with Crippen LogP contribution in [0.2, 0.25) is 0 Å². The summed E-state index contributed by atoms with van der Waals surface area (Å²) >= 11 is 5.55. The van der Waals surface area contributed by atoms with Crippen molar-refractivity contribution in [1.29, 1.82) is 0 Å². The van der Waals surface area contributed by atoms with Gasteiger partial charge in [0.25, 0.3) is 0 Å². The van der Waals surface area contributed by atoms with Crippen molar-refractivity contribution >= 4 is 17.6 Å². The largest absolute Gasteiger partial charge is 0.412 e. The van der Waals surface area contributed by atoms with Crippen molar-refractivity contribution in [3.63, 3.8) is 0 Å². The molecule has 0 amide bonds. The highest BCUT2D eigenvalue weighted by Crippen LogP contribution is 2.11. The minimum atomic E-state index is -2.12. The van der Waals surface area contributed by atoms with Gasteiger partial charge in [0, 0.05) is 0 Å². The topological polar surface area (TPSA) is 127 Å². The summed E-state index contributed by atoms with van der Waals surface area (Å²) < 4.78 is 4.51. The highest BCUT2D eigenvalue weighted by Gasteiger charge is 2.35. The average molecular weight is 311 g/mol. The highest BCUT2D eigenvalue weighted by atomic mass is 35.5. The quantitative estimate of drug-likeness (QED) is 0.221. The van der Waals surface area contributed by atoms with Crippen LogP contribution in [0.5, 0.6) is 0 Å². The minimum Gasteiger partial charge on any atom is -0.412 e. The van der Waals surface area contributed by atoms with E-state index in [1.54, 1.807) is 6.08 Å². The Morgan fingerprint density at radius 1 is 1.25 bits per heavy atom. The van der Waals surface area contributed by atoms with Crippen molar-refractivity contribution in [2.45, 2.75) is 37.8 Å². The molecule has 0 aromatic carbocycles. The number of hydrogen-bond acceptors (Lipinski definition) is 7. The number of hydrogen-bond donors (Lipinski definition) is 5. The fourth-order valence-corrected chi connectivity index (χ4v) is 1.28. The van der Waals surface area contributed by atoms with Crippen LogP contribution in [0.3, 0.4) is 0 Å². The average Bonchev–Trinajstić information content (AvgIpc) is 2.44. The van der Waals surface area contributed by atoms with E-state index < -0.39 is 37.0 Å². The molecule has 0 aliphatic rings. The van der Waals surface area contributed by atoms with E-state index in [9.17, 15) is 20.1 Å². The van der Waals surface area contributed by atoms with Crippen molar-refractivity contribution in [3.8, 4) is 0 Å². The van der Waals surface area contributed by atoms with Crippen molar-refractivity contribution in [2.75, 3.05) is 6.61 Å². The summed E-state index contributed by atoms with van der Waals surface area (Å²) in [5, 5.41) is 45.5. The molecule has 0 aliphatic carbocycles. The Morgan fingerprint density at radius 3 is 2.35 bits per heavy atom. The van der Waals surface area contributed by atoms with Gasteiger partial charge in [-0.3, -0.25) is 0 Å². The van der Waals surface area contributed by atoms with Crippen LogP contribution in [-0.4, -0.2) is 62.5 Å². The van der Waals surface area contributed by atoms with E-state index in [-0.39, 0.29) is 5.22 Å². The van der Waals surface area contributed by atoms with Gasteiger partial charge in [-0.25, -0.2) is 4.79 Å². The predicted molar refractivity (Wildman–Crippen MR) is 70.6 cm³/mol. The molecule has 0 bridgehead atoms. The van der Waals surface area contributed by atoms with E-state index in [2.05, 4.69) is 4.74 Å². The summed E-state index contributed by atoms with van der Waals surface area (Å²) in [6.45, 7) is 1.04. The van der Waals surface area contributed by atoms with Gasteiger partial charge in [0.2, 0.25) is 0 Å². The lowest BCUT2D eigenvalue weighted by Gasteiger charge is -2.24. The molecule has 7 nitrogen and oxygen atoms in total. The second-order valence-electron chi connectivity index (χ2n) is 3.90. The molecule has 8 heteroatoms. The Labute approximate surface area is 121 Å². The summed E-state index contributed by atoms with van der Waals surface area (Å²) in [6, 6.07) is 0. The summed E-state index contributed by atoms with van der Waals surface area (Å²) in [6.07, 6.45) is -2.48. The third-order valence-corrected chi connectivity index (χ3v) is 2.50. The molecule has 0 saturated carbocycles. The molecule has 0 rings (SSSR count). The first kappa shape index (κ1) is 19.0. The second kappa shape index (κ2) is 9.87. The number of rotatable bonds is 8. The van der Waals surface area contributed by atoms with E-state index >= 15 is 0 Å². The number of aliphatic hydroxyl groups is 5. The van der Waals surface area contributed by atoms with E-state index in [0.717, 1.165) is 6.42 Å². The van der Waals surface area contributed by atoms with Crippen LogP contribution < -0.4 is 0 Å². The Balaban J connectivity index is 4.54. The van der Waals surface area contributed by atoms with Crippen LogP contribution in [0.25, 0.3) is 0 Å². The summed E-state index contributed by atoms with van der Waals surface area (Å²) in [7, 11) is 0. The lowest BCUT2D eigenvalue weighted by Crippen LogP contribution is -2.49. The van der Waals surface area contributed by atoms with Crippen LogP contribution >= 0.6 is 11.6 Å². The van der Waals surface area contributed by atoms with E-state index in [1.807, 2.05) is 6.92 Å². The van der Waals surface area contributed by atoms with Crippen molar-refractivity contribution in [2.24, 2.45) is 0 Å². The summed E-state index contributed by atoms with van der Waals surface area (Å²) in [5.74, 6) is -1.30. The highest BCUT2D eigenvalue weighted by molar-refractivity contribution is 6.29. The van der Waals surface area contributed by atoms with E-state index in [0.29, 0.717) is 0 Å². The Kier molecular flexibility index (Phi) is 9.39. The fraction of sp³-hybridized carbons (Fsp3) is 0.583. The minimum absolute atomic E-state index is 0.330. The number of aliphatic hydroxyl groups excluding tert-OH is 5. The number of halogens is 1. The molecule has 0 heterocycles. The molecule has 0 aromatic heterocycles. The van der Waals surface area contributed by atoms with Crippen LogP contribution in [0.4, 0.5) is 0 Å². The molecule has 116 valence electrons. The molecule has 4 atom stereocenters. The zero-order valence-electron chi connectivity index (χ0n) is 10.9. The number of carbonyl (C=O) groups excluding carboxylic acids is 1. The molecule has 0 aliphatic heterocycles. The van der Waals surface area contributed by atoms with Gasteiger partial charge in [-0.05, 0) is 24.1 Å². The summed E-state index contributed by atoms with van der Waals surface area (Å²) in [4.78, 5) is 11.4. The van der Waals surface area contributed by atoms with Gasteiger partial charge in [0.15, 0.2) is 11.3 Å².